The normalized spacial score (nSPS) is 13.2. The zero-order chi connectivity index (χ0) is 15.4. The SMILES string of the molecule is Cc1ccc2c(Br)cc3c(c2c1)C(=O)c1ccccc1C3=O. The molecule has 3 heteroatoms. The minimum Gasteiger partial charge on any atom is -0.289 e. The molecule has 22 heavy (non-hydrogen) atoms. The minimum atomic E-state index is -0.0886. The summed E-state index contributed by atoms with van der Waals surface area (Å²) in [5.74, 6) is -0.164. The topological polar surface area (TPSA) is 34.1 Å². The Morgan fingerprint density at radius 2 is 1.45 bits per heavy atom. The highest BCUT2D eigenvalue weighted by Gasteiger charge is 2.31. The van der Waals surface area contributed by atoms with Crippen LogP contribution in [-0.4, -0.2) is 11.6 Å². The molecule has 3 aromatic rings. The van der Waals surface area contributed by atoms with Crippen molar-refractivity contribution >= 4 is 38.3 Å². The van der Waals surface area contributed by atoms with E-state index < -0.39 is 0 Å². The number of ketones is 2. The molecule has 0 atom stereocenters. The molecular formula is C19H11BrO2. The number of hydrogen-bond acceptors (Lipinski definition) is 2. The van der Waals surface area contributed by atoms with Crippen molar-refractivity contribution in [3.05, 3.63) is 80.8 Å². The van der Waals surface area contributed by atoms with Gasteiger partial charge in [0.2, 0.25) is 0 Å². The molecule has 2 nitrogen and oxygen atoms in total. The van der Waals surface area contributed by atoms with E-state index >= 15 is 0 Å². The largest absolute Gasteiger partial charge is 0.289 e. The van der Waals surface area contributed by atoms with Gasteiger partial charge in [0.15, 0.2) is 11.6 Å². The van der Waals surface area contributed by atoms with Gasteiger partial charge >= 0.3 is 0 Å². The first-order valence-electron chi connectivity index (χ1n) is 6.99. The standard InChI is InChI=1S/C19H11BrO2/c1-10-6-7-11-14(8-10)17-15(9-16(11)20)18(21)12-4-2-3-5-13(12)19(17)22/h2-9H,1H3. The zero-order valence-corrected chi connectivity index (χ0v) is 13.4. The minimum absolute atomic E-state index is 0.0756. The van der Waals surface area contributed by atoms with Crippen LogP contribution in [0.15, 0.2) is 53.0 Å². The van der Waals surface area contributed by atoms with Crippen LogP contribution in [-0.2, 0) is 0 Å². The van der Waals surface area contributed by atoms with Gasteiger partial charge < -0.3 is 0 Å². The molecule has 4 rings (SSSR count). The number of benzene rings is 3. The molecule has 1 aliphatic carbocycles. The van der Waals surface area contributed by atoms with Crippen LogP contribution in [0.1, 0.15) is 37.4 Å². The molecular weight excluding hydrogens is 340 g/mol. The quantitative estimate of drug-likeness (QED) is 0.461. The number of aryl methyl sites for hydroxylation is 1. The monoisotopic (exact) mass is 350 g/mol. The summed E-state index contributed by atoms with van der Waals surface area (Å²) >= 11 is 3.52. The van der Waals surface area contributed by atoms with Crippen LogP contribution < -0.4 is 0 Å². The van der Waals surface area contributed by atoms with Gasteiger partial charge in [0.1, 0.15) is 0 Å². The second kappa shape index (κ2) is 4.62. The van der Waals surface area contributed by atoms with Crippen LogP contribution in [0.3, 0.4) is 0 Å². The highest BCUT2D eigenvalue weighted by molar-refractivity contribution is 9.10. The smallest absolute Gasteiger partial charge is 0.195 e. The number of fused-ring (bicyclic) bond motifs is 4. The second-order valence-electron chi connectivity index (χ2n) is 5.53. The van der Waals surface area contributed by atoms with E-state index in [0.717, 1.165) is 20.8 Å². The Kier molecular flexibility index (Phi) is 2.81. The van der Waals surface area contributed by atoms with Gasteiger partial charge in [0, 0.05) is 26.7 Å². The number of hydrogen-bond donors (Lipinski definition) is 0. The third-order valence-electron chi connectivity index (χ3n) is 4.13. The zero-order valence-electron chi connectivity index (χ0n) is 11.8. The Morgan fingerprint density at radius 1 is 0.773 bits per heavy atom. The number of carbonyl (C=O) groups is 2. The van der Waals surface area contributed by atoms with Crippen LogP contribution >= 0.6 is 15.9 Å². The summed E-state index contributed by atoms with van der Waals surface area (Å²) in [5.41, 5.74) is 3.04. The van der Waals surface area contributed by atoms with Crippen molar-refractivity contribution in [1.82, 2.24) is 0 Å². The van der Waals surface area contributed by atoms with E-state index in [-0.39, 0.29) is 11.6 Å². The Bertz CT molecular complexity index is 986. The van der Waals surface area contributed by atoms with Gasteiger partial charge in [-0.2, -0.15) is 0 Å². The van der Waals surface area contributed by atoms with Crippen LogP contribution in [0.4, 0.5) is 0 Å². The average molecular weight is 351 g/mol. The molecule has 0 spiro atoms. The molecule has 0 aromatic heterocycles. The molecule has 0 fully saturated rings. The van der Waals surface area contributed by atoms with Crippen molar-refractivity contribution < 1.29 is 9.59 Å². The molecule has 0 radical (unpaired) electrons. The van der Waals surface area contributed by atoms with Gasteiger partial charge in [-0.1, -0.05) is 64.0 Å². The maximum atomic E-state index is 12.9. The molecule has 0 bridgehead atoms. The Balaban J connectivity index is 2.17. The summed E-state index contributed by atoms with van der Waals surface area (Å²) in [5, 5.41) is 1.78. The Labute approximate surface area is 135 Å². The van der Waals surface area contributed by atoms with E-state index in [9.17, 15) is 9.59 Å². The lowest BCUT2D eigenvalue weighted by Gasteiger charge is -2.20. The Hall–Kier alpha value is -2.26. The predicted octanol–water partition coefficient (Wildman–Crippen LogP) is 4.69. The van der Waals surface area contributed by atoms with Crippen molar-refractivity contribution in [3.63, 3.8) is 0 Å². The first-order valence-corrected chi connectivity index (χ1v) is 7.78. The first kappa shape index (κ1) is 13.4. The molecule has 3 aromatic carbocycles. The van der Waals surface area contributed by atoms with Gasteiger partial charge in [0.05, 0.1) is 0 Å². The third-order valence-corrected chi connectivity index (χ3v) is 4.79. The summed E-state index contributed by atoms with van der Waals surface area (Å²) in [4.78, 5) is 25.7. The average Bonchev–Trinajstić information content (AvgIpc) is 2.52. The third kappa shape index (κ3) is 1.72. The fourth-order valence-corrected chi connectivity index (χ4v) is 3.65. The van der Waals surface area contributed by atoms with Crippen molar-refractivity contribution in [3.8, 4) is 0 Å². The molecule has 106 valence electrons. The molecule has 0 heterocycles. The van der Waals surface area contributed by atoms with Crippen LogP contribution in [0, 0.1) is 6.92 Å². The summed E-state index contributed by atoms with van der Waals surface area (Å²) in [6.45, 7) is 1.98. The van der Waals surface area contributed by atoms with E-state index in [1.54, 1.807) is 30.3 Å². The molecule has 0 aliphatic heterocycles. The summed E-state index contributed by atoms with van der Waals surface area (Å²) in [6, 6.07) is 14.7. The van der Waals surface area contributed by atoms with Crippen molar-refractivity contribution in [2.45, 2.75) is 6.92 Å². The predicted molar refractivity (Wildman–Crippen MR) is 89.7 cm³/mol. The van der Waals surface area contributed by atoms with E-state index in [1.807, 2.05) is 25.1 Å². The van der Waals surface area contributed by atoms with Gasteiger partial charge in [-0.3, -0.25) is 9.59 Å². The summed E-state index contributed by atoms with van der Waals surface area (Å²) in [6.07, 6.45) is 0. The van der Waals surface area contributed by atoms with E-state index in [4.69, 9.17) is 0 Å². The lowest BCUT2D eigenvalue weighted by Crippen LogP contribution is -2.21. The van der Waals surface area contributed by atoms with Gasteiger partial charge in [-0.05, 0) is 23.8 Å². The van der Waals surface area contributed by atoms with Crippen LogP contribution in [0.2, 0.25) is 0 Å². The fraction of sp³-hybridized carbons (Fsp3) is 0.0526. The van der Waals surface area contributed by atoms with Crippen LogP contribution in [0.25, 0.3) is 10.8 Å². The molecule has 0 amide bonds. The maximum Gasteiger partial charge on any atom is 0.195 e. The van der Waals surface area contributed by atoms with Crippen LogP contribution in [0.5, 0.6) is 0 Å². The lowest BCUT2D eigenvalue weighted by molar-refractivity contribution is 0.0980. The van der Waals surface area contributed by atoms with E-state index in [2.05, 4.69) is 15.9 Å². The van der Waals surface area contributed by atoms with Crippen molar-refractivity contribution in [1.29, 1.82) is 0 Å². The van der Waals surface area contributed by atoms with Gasteiger partial charge in [-0.25, -0.2) is 0 Å². The van der Waals surface area contributed by atoms with E-state index in [0.29, 0.717) is 22.3 Å². The van der Waals surface area contributed by atoms with Gasteiger partial charge in [0.25, 0.3) is 0 Å². The van der Waals surface area contributed by atoms with Gasteiger partial charge in [-0.15, -0.1) is 0 Å². The van der Waals surface area contributed by atoms with E-state index in [1.165, 1.54) is 0 Å². The van der Waals surface area contributed by atoms with Crippen molar-refractivity contribution in [2.24, 2.45) is 0 Å². The number of rotatable bonds is 0. The highest BCUT2D eigenvalue weighted by Crippen LogP contribution is 2.36. The summed E-state index contributed by atoms with van der Waals surface area (Å²) in [7, 11) is 0. The lowest BCUT2D eigenvalue weighted by atomic mass is 9.81. The molecule has 0 unspecified atom stereocenters. The Morgan fingerprint density at radius 3 is 2.18 bits per heavy atom. The second-order valence-corrected chi connectivity index (χ2v) is 6.39. The summed E-state index contributed by atoms with van der Waals surface area (Å²) < 4.78 is 0.835. The maximum absolute atomic E-state index is 12.9. The van der Waals surface area contributed by atoms with Crippen molar-refractivity contribution in [2.75, 3.05) is 0 Å². The molecule has 0 N–H and O–H groups in total. The first-order chi connectivity index (χ1) is 10.6. The molecule has 0 saturated carbocycles. The number of carbonyl (C=O) groups excluding carboxylic acids is 2. The molecule has 0 saturated heterocycles. The number of halogens is 1. The highest BCUT2D eigenvalue weighted by atomic mass is 79.9. The fourth-order valence-electron chi connectivity index (χ4n) is 3.08. The molecule has 1 aliphatic rings.